The topological polar surface area (TPSA) is 87.5 Å². The van der Waals surface area contributed by atoms with Crippen molar-refractivity contribution in [2.45, 2.75) is 6.42 Å². The van der Waals surface area contributed by atoms with Crippen LogP contribution in [-0.4, -0.2) is 50.8 Å². The monoisotopic (exact) mass is 589 g/mol. The fourth-order valence-corrected chi connectivity index (χ4v) is 4.88. The average Bonchev–Trinajstić information content (AvgIpc) is 3.41. The number of rotatable bonds is 9. The number of fused-ring (bicyclic) bond motifs is 1. The van der Waals surface area contributed by atoms with E-state index in [0.29, 0.717) is 39.9 Å². The van der Waals surface area contributed by atoms with Crippen LogP contribution in [-0.2, 0) is 6.42 Å². The Labute approximate surface area is 253 Å². The Kier molecular flexibility index (Phi) is 8.07. The highest BCUT2D eigenvalue weighted by Crippen LogP contribution is 2.33. The fraction of sp³-hybridized carbons (Fsp3) is 0.118. The van der Waals surface area contributed by atoms with Crippen molar-refractivity contribution in [3.05, 3.63) is 126 Å². The number of nitrogens with one attached hydrogen (secondary N) is 2. The van der Waals surface area contributed by atoms with Gasteiger partial charge in [-0.25, -0.2) is 23.7 Å². The lowest BCUT2D eigenvalue weighted by Crippen LogP contribution is -2.15. The smallest absolute Gasteiger partial charge is 0.261 e. The Bertz CT molecular complexity index is 1930. The molecule has 0 aliphatic rings. The molecule has 3 heterocycles. The molecule has 0 atom stereocenters. The lowest BCUT2D eigenvalue weighted by Gasteiger charge is -2.11. The molecule has 3 aromatic heterocycles. The molecule has 0 spiro atoms. The number of pyridine rings is 1. The Morgan fingerprint density at radius 1 is 0.864 bits per heavy atom. The first-order valence-corrected chi connectivity index (χ1v) is 14.0. The molecule has 0 bridgehead atoms. The van der Waals surface area contributed by atoms with Gasteiger partial charge in [-0.2, -0.15) is 0 Å². The number of halogens is 2. The Hall–Kier alpha value is -5.48. The first-order valence-electron chi connectivity index (χ1n) is 14.0. The van der Waals surface area contributed by atoms with E-state index in [1.807, 2.05) is 53.1 Å². The summed E-state index contributed by atoms with van der Waals surface area (Å²) in [6, 6.07) is 25.9. The first kappa shape index (κ1) is 28.6. The SMILES string of the molecule is CN(C)CCc1ccc(Nc2nccc(-c3c(-c4cccc(NC(=O)c5c(F)cccc5F)c4)nc4ccccn34)n2)cc1. The lowest BCUT2D eigenvalue weighted by atomic mass is 10.1. The lowest BCUT2D eigenvalue weighted by molar-refractivity contribution is 0.101. The molecule has 10 heteroatoms. The second-order valence-corrected chi connectivity index (χ2v) is 10.5. The summed E-state index contributed by atoms with van der Waals surface area (Å²) in [4.78, 5) is 29.0. The minimum absolute atomic E-state index is 0.359. The third kappa shape index (κ3) is 6.16. The van der Waals surface area contributed by atoms with Crippen molar-refractivity contribution in [1.29, 1.82) is 0 Å². The maximum Gasteiger partial charge on any atom is 0.261 e. The molecule has 1 amide bonds. The number of likely N-dealkylation sites (N-methyl/N-ethyl adjacent to an activating group) is 1. The highest BCUT2D eigenvalue weighted by molar-refractivity contribution is 6.05. The number of nitrogens with zero attached hydrogens (tertiary/aromatic N) is 5. The van der Waals surface area contributed by atoms with Gasteiger partial charge in [-0.1, -0.05) is 36.4 Å². The molecule has 8 nitrogen and oxygen atoms in total. The molecule has 0 aliphatic carbocycles. The molecule has 44 heavy (non-hydrogen) atoms. The van der Waals surface area contributed by atoms with Gasteiger partial charge in [0.15, 0.2) is 0 Å². The summed E-state index contributed by atoms with van der Waals surface area (Å²) in [7, 11) is 4.11. The van der Waals surface area contributed by atoms with Crippen LogP contribution >= 0.6 is 0 Å². The number of carbonyl (C=O) groups is 1. The molecule has 6 rings (SSSR count). The van der Waals surface area contributed by atoms with E-state index in [1.165, 1.54) is 11.6 Å². The van der Waals surface area contributed by atoms with Gasteiger partial charge in [0.1, 0.15) is 22.8 Å². The molecule has 0 saturated carbocycles. The van der Waals surface area contributed by atoms with Gasteiger partial charge in [0.2, 0.25) is 5.95 Å². The van der Waals surface area contributed by atoms with Crippen molar-refractivity contribution in [2.75, 3.05) is 31.3 Å². The van der Waals surface area contributed by atoms with Gasteiger partial charge in [0.25, 0.3) is 5.91 Å². The number of hydrogen-bond acceptors (Lipinski definition) is 6. The fourth-order valence-electron chi connectivity index (χ4n) is 4.88. The zero-order valence-corrected chi connectivity index (χ0v) is 24.1. The standard InChI is InChI=1S/C34H29F2N7O/c1-42(2)20-17-22-12-14-24(15-13-22)39-34-37-18-16-28(40-34)32-31(41-29-11-3-4-19-43(29)32)23-7-5-8-25(21-23)38-33(44)30-26(35)9-6-10-27(30)36/h3-16,18-19,21H,17,20H2,1-2H3,(H,38,44)(H,37,39,40). The van der Waals surface area contributed by atoms with Crippen molar-refractivity contribution >= 4 is 28.9 Å². The molecule has 6 aromatic rings. The van der Waals surface area contributed by atoms with Gasteiger partial charge < -0.3 is 15.5 Å². The van der Waals surface area contributed by atoms with E-state index in [-0.39, 0.29) is 0 Å². The number of carbonyl (C=O) groups excluding carboxylic acids is 1. The molecule has 2 N–H and O–H groups in total. The summed E-state index contributed by atoms with van der Waals surface area (Å²) in [5.74, 6) is -2.33. The largest absolute Gasteiger partial charge is 0.324 e. The van der Waals surface area contributed by atoms with Crippen LogP contribution in [0.5, 0.6) is 0 Å². The van der Waals surface area contributed by atoms with Crippen LogP contribution in [0.2, 0.25) is 0 Å². The van der Waals surface area contributed by atoms with Crippen LogP contribution in [0.4, 0.5) is 26.1 Å². The Morgan fingerprint density at radius 3 is 2.41 bits per heavy atom. The van der Waals surface area contributed by atoms with Gasteiger partial charge in [-0.05, 0) is 80.7 Å². The minimum atomic E-state index is -0.935. The predicted octanol–water partition coefficient (Wildman–Crippen LogP) is 6.84. The molecule has 0 radical (unpaired) electrons. The van der Waals surface area contributed by atoms with Crippen LogP contribution in [0.1, 0.15) is 15.9 Å². The number of amides is 1. The second kappa shape index (κ2) is 12.4. The van der Waals surface area contributed by atoms with Gasteiger partial charge in [-0.15, -0.1) is 0 Å². The maximum atomic E-state index is 14.2. The number of hydrogen-bond donors (Lipinski definition) is 2. The van der Waals surface area contributed by atoms with Crippen LogP contribution in [0, 0.1) is 11.6 Å². The Balaban J connectivity index is 1.32. The molecular formula is C34H29F2N7O. The second-order valence-electron chi connectivity index (χ2n) is 10.5. The average molecular weight is 590 g/mol. The van der Waals surface area contributed by atoms with E-state index in [4.69, 9.17) is 9.97 Å². The van der Waals surface area contributed by atoms with E-state index in [9.17, 15) is 13.6 Å². The summed E-state index contributed by atoms with van der Waals surface area (Å²) >= 11 is 0. The van der Waals surface area contributed by atoms with Gasteiger partial charge in [0.05, 0.1) is 17.1 Å². The quantitative estimate of drug-likeness (QED) is 0.192. The first-order chi connectivity index (χ1) is 21.4. The van der Waals surface area contributed by atoms with E-state index >= 15 is 0 Å². The predicted molar refractivity (Wildman–Crippen MR) is 168 cm³/mol. The normalized spacial score (nSPS) is 11.2. The molecule has 0 saturated heterocycles. The van der Waals surface area contributed by atoms with Gasteiger partial charge in [0, 0.05) is 35.9 Å². The minimum Gasteiger partial charge on any atom is -0.324 e. The molecule has 0 fully saturated rings. The highest BCUT2D eigenvalue weighted by atomic mass is 19.1. The Morgan fingerprint density at radius 2 is 1.64 bits per heavy atom. The van der Waals surface area contributed by atoms with Crippen LogP contribution in [0.3, 0.4) is 0 Å². The number of aromatic nitrogens is 4. The van der Waals surface area contributed by atoms with Crippen LogP contribution in [0.25, 0.3) is 28.3 Å². The summed E-state index contributed by atoms with van der Waals surface area (Å²) in [5, 5.41) is 5.90. The number of anilines is 3. The zero-order valence-electron chi connectivity index (χ0n) is 24.1. The molecular weight excluding hydrogens is 560 g/mol. The highest BCUT2D eigenvalue weighted by Gasteiger charge is 2.20. The maximum absolute atomic E-state index is 14.2. The molecule has 3 aromatic carbocycles. The van der Waals surface area contributed by atoms with E-state index in [0.717, 1.165) is 30.8 Å². The van der Waals surface area contributed by atoms with Crippen molar-refractivity contribution in [1.82, 2.24) is 24.3 Å². The van der Waals surface area contributed by atoms with E-state index in [1.54, 1.807) is 24.4 Å². The molecule has 0 unspecified atom stereocenters. The van der Waals surface area contributed by atoms with E-state index < -0.39 is 23.1 Å². The third-order valence-corrected chi connectivity index (χ3v) is 7.07. The van der Waals surface area contributed by atoms with Gasteiger partial charge >= 0.3 is 0 Å². The zero-order chi connectivity index (χ0) is 30.6. The summed E-state index contributed by atoms with van der Waals surface area (Å²) < 4.78 is 30.4. The molecule has 0 aliphatic heterocycles. The van der Waals surface area contributed by atoms with Crippen LogP contribution < -0.4 is 10.6 Å². The van der Waals surface area contributed by atoms with Gasteiger partial charge in [-0.3, -0.25) is 9.20 Å². The van der Waals surface area contributed by atoms with Crippen molar-refractivity contribution in [3.63, 3.8) is 0 Å². The number of benzene rings is 3. The summed E-state index contributed by atoms with van der Waals surface area (Å²) in [6.45, 7) is 0.971. The van der Waals surface area contributed by atoms with Crippen molar-refractivity contribution < 1.29 is 13.6 Å². The van der Waals surface area contributed by atoms with Crippen molar-refractivity contribution in [2.24, 2.45) is 0 Å². The third-order valence-electron chi connectivity index (χ3n) is 7.07. The molecule has 220 valence electrons. The summed E-state index contributed by atoms with van der Waals surface area (Å²) in [5.41, 5.74) is 5.15. The number of imidazole rings is 1. The van der Waals surface area contributed by atoms with Crippen molar-refractivity contribution in [3.8, 4) is 22.6 Å². The van der Waals surface area contributed by atoms with Crippen LogP contribution in [0.15, 0.2) is 103 Å². The van der Waals surface area contributed by atoms with E-state index in [2.05, 4.69) is 46.7 Å². The summed E-state index contributed by atoms with van der Waals surface area (Å²) in [6.07, 6.45) is 4.54.